The number of aromatic nitrogens is 2. The molecule has 0 bridgehead atoms. The van der Waals surface area contributed by atoms with Crippen LogP contribution in [0.2, 0.25) is 0 Å². The standard InChI is InChI=1S/C18H19FN6O.C12H19NO3/c1-9-24-14-7-10(12(19)8-15(14)25(9)11-4-5-11)3-6-13(20)16(18(22)26)17(21)23-2;1-12(2,15)7-6-11(14)13-8-4-5-10(13)9-16-3/h7-8,11H,4-5,20H2,1-2H3,(H2,21,23)(H2,22,26);10,15H,4-5,8-9H2,1-3H3/b16-13+;. The predicted octanol–water partition coefficient (Wildman–Crippen LogP) is 1.25. The lowest BCUT2D eigenvalue weighted by Gasteiger charge is -2.21. The summed E-state index contributed by atoms with van der Waals surface area (Å²) in [5.74, 6) is 9.32. The van der Waals surface area contributed by atoms with Crippen LogP contribution in [0.3, 0.4) is 0 Å². The first kappa shape index (κ1) is 32.1. The van der Waals surface area contributed by atoms with Crippen molar-refractivity contribution in [2.75, 3.05) is 27.3 Å². The van der Waals surface area contributed by atoms with Gasteiger partial charge in [0.2, 0.25) is 0 Å². The van der Waals surface area contributed by atoms with Gasteiger partial charge in [0.1, 0.15) is 28.7 Å². The van der Waals surface area contributed by atoms with Gasteiger partial charge in [-0.2, -0.15) is 0 Å². The maximum absolute atomic E-state index is 14.5. The van der Waals surface area contributed by atoms with Gasteiger partial charge in [-0.15, -0.1) is 0 Å². The van der Waals surface area contributed by atoms with Crippen LogP contribution >= 0.6 is 0 Å². The van der Waals surface area contributed by atoms with E-state index in [9.17, 15) is 19.1 Å². The Labute approximate surface area is 245 Å². The fraction of sp³-hybridized carbons (Fsp3) is 0.467. The Morgan fingerprint density at radius 3 is 2.48 bits per heavy atom. The highest BCUT2D eigenvalue weighted by atomic mass is 19.1. The molecule has 4 rings (SSSR count). The Kier molecular flexibility index (Phi) is 10.3. The summed E-state index contributed by atoms with van der Waals surface area (Å²) in [4.78, 5) is 33.1. The molecule has 1 unspecified atom stereocenters. The number of amidine groups is 1. The molecule has 11 nitrogen and oxygen atoms in total. The first-order valence-corrected chi connectivity index (χ1v) is 13.5. The average Bonchev–Trinajstić information content (AvgIpc) is 3.55. The molecule has 7 N–H and O–H groups in total. The lowest BCUT2D eigenvalue weighted by molar-refractivity contribution is -0.126. The van der Waals surface area contributed by atoms with Gasteiger partial charge in [0.15, 0.2) is 0 Å². The molecular weight excluding hydrogens is 541 g/mol. The summed E-state index contributed by atoms with van der Waals surface area (Å²) in [7, 11) is 3.02. The number of rotatable bonds is 5. The molecule has 0 radical (unpaired) electrons. The Bertz CT molecular complexity index is 1540. The highest BCUT2D eigenvalue weighted by Crippen LogP contribution is 2.38. The first-order chi connectivity index (χ1) is 19.8. The zero-order valence-electron chi connectivity index (χ0n) is 24.6. The lowest BCUT2D eigenvalue weighted by atomic mass is 10.1. The molecule has 2 heterocycles. The normalized spacial score (nSPS) is 17.4. The van der Waals surface area contributed by atoms with Crippen molar-refractivity contribution < 1.29 is 23.8 Å². The molecular formula is C30H38FN7O4. The highest BCUT2D eigenvalue weighted by Gasteiger charge is 2.28. The van der Waals surface area contributed by atoms with Crippen LogP contribution in [0.1, 0.15) is 57.0 Å². The monoisotopic (exact) mass is 579 g/mol. The lowest BCUT2D eigenvalue weighted by Crippen LogP contribution is -2.37. The number of ether oxygens (including phenoxy) is 1. The SMILES string of the molecule is CN=C(N)/C(C(N)=O)=C(\N)C#Cc1cc2nc(C)n(C3CC3)c2cc1F.COCC1CCCN1C(=O)C#CC(C)(C)O. The molecule has 42 heavy (non-hydrogen) atoms. The molecule has 2 amide bonds. The summed E-state index contributed by atoms with van der Waals surface area (Å²) < 4.78 is 21.6. The Morgan fingerprint density at radius 2 is 1.90 bits per heavy atom. The second-order valence-corrected chi connectivity index (χ2v) is 10.7. The number of imidazole rings is 1. The van der Waals surface area contributed by atoms with Crippen molar-refractivity contribution in [2.45, 2.75) is 64.1 Å². The molecule has 1 aliphatic heterocycles. The smallest absolute Gasteiger partial charge is 0.298 e. The summed E-state index contributed by atoms with van der Waals surface area (Å²) in [6, 6.07) is 3.52. The van der Waals surface area contributed by atoms with Crippen LogP contribution in [0, 0.1) is 36.4 Å². The zero-order chi connectivity index (χ0) is 31.2. The van der Waals surface area contributed by atoms with Gasteiger partial charge in [-0.05, 0) is 64.4 Å². The zero-order valence-corrected chi connectivity index (χ0v) is 24.6. The van der Waals surface area contributed by atoms with Gasteiger partial charge in [-0.1, -0.05) is 11.8 Å². The quantitative estimate of drug-likeness (QED) is 0.178. The van der Waals surface area contributed by atoms with Crippen LogP contribution in [-0.4, -0.2) is 76.2 Å². The number of carbonyl (C=O) groups excluding carboxylic acids is 2. The molecule has 2 fully saturated rings. The number of carbonyl (C=O) groups is 2. The van der Waals surface area contributed by atoms with Crippen molar-refractivity contribution in [1.82, 2.24) is 14.5 Å². The van der Waals surface area contributed by atoms with Crippen molar-refractivity contribution in [3.05, 3.63) is 40.6 Å². The molecule has 12 heteroatoms. The number of hydrogen-bond donors (Lipinski definition) is 4. The number of nitrogens with zero attached hydrogens (tertiary/aromatic N) is 4. The van der Waals surface area contributed by atoms with E-state index in [1.807, 2.05) is 11.5 Å². The number of amides is 2. The van der Waals surface area contributed by atoms with Gasteiger partial charge >= 0.3 is 0 Å². The minimum atomic E-state index is -1.12. The summed E-state index contributed by atoms with van der Waals surface area (Å²) in [6.07, 6.45) is 4.11. The number of aliphatic imine (C=N–C) groups is 1. The summed E-state index contributed by atoms with van der Waals surface area (Å²) in [6.45, 7) is 6.30. The molecule has 1 aromatic carbocycles. The summed E-state index contributed by atoms with van der Waals surface area (Å²) >= 11 is 0. The number of allylic oxidation sites excluding steroid dienone is 1. The van der Waals surface area contributed by atoms with Crippen molar-refractivity contribution in [2.24, 2.45) is 22.2 Å². The number of aliphatic hydroxyl groups is 1. The van der Waals surface area contributed by atoms with Gasteiger partial charge in [0, 0.05) is 32.8 Å². The topological polar surface area (TPSA) is 175 Å². The highest BCUT2D eigenvalue weighted by molar-refractivity contribution is 6.20. The number of methoxy groups -OCH3 is 1. The number of benzene rings is 1. The number of hydrogen-bond acceptors (Lipinski definition) is 7. The van der Waals surface area contributed by atoms with Crippen LogP contribution < -0.4 is 17.2 Å². The number of nitrogens with two attached hydrogens (primary N) is 3. The van der Waals surface area contributed by atoms with E-state index in [1.165, 1.54) is 13.1 Å². The third-order valence-corrected chi connectivity index (χ3v) is 6.68. The maximum atomic E-state index is 14.5. The maximum Gasteiger partial charge on any atom is 0.298 e. The first-order valence-electron chi connectivity index (χ1n) is 13.5. The molecule has 224 valence electrons. The van der Waals surface area contributed by atoms with Gasteiger partial charge in [-0.25, -0.2) is 9.37 Å². The third-order valence-electron chi connectivity index (χ3n) is 6.68. The summed E-state index contributed by atoms with van der Waals surface area (Å²) in [5.41, 5.74) is 16.7. The fourth-order valence-electron chi connectivity index (χ4n) is 4.58. The Morgan fingerprint density at radius 1 is 1.21 bits per heavy atom. The molecule has 1 aromatic heterocycles. The average molecular weight is 580 g/mol. The van der Waals surface area contributed by atoms with E-state index < -0.39 is 17.3 Å². The molecule has 0 spiro atoms. The number of halogens is 1. The van der Waals surface area contributed by atoms with Crippen molar-refractivity contribution in [3.63, 3.8) is 0 Å². The van der Waals surface area contributed by atoms with Crippen LogP contribution in [0.4, 0.5) is 4.39 Å². The van der Waals surface area contributed by atoms with E-state index >= 15 is 0 Å². The second kappa shape index (κ2) is 13.5. The Balaban J connectivity index is 0.000000260. The molecule has 1 aliphatic carbocycles. The van der Waals surface area contributed by atoms with Crippen LogP contribution in [-0.2, 0) is 14.3 Å². The second-order valence-electron chi connectivity index (χ2n) is 10.7. The molecule has 2 aliphatic rings. The molecule has 1 atom stereocenters. The number of likely N-dealkylation sites (tertiary alicyclic amines) is 1. The van der Waals surface area contributed by atoms with Crippen LogP contribution in [0.25, 0.3) is 11.0 Å². The van der Waals surface area contributed by atoms with E-state index in [0.29, 0.717) is 18.2 Å². The van der Waals surface area contributed by atoms with E-state index in [4.69, 9.17) is 21.9 Å². The van der Waals surface area contributed by atoms with Crippen molar-refractivity contribution >= 4 is 28.7 Å². The predicted molar refractivity (Wildman–Crippen MR) is 158 cm³/mol. The van der Waals surface area contributed by atoms with E-state index in [1.54, 1.807) is 31.9 Å². The van der Waals surface area contributed by atoms with Gasteiger partial charge in [0.25, 0.3) is 11.8 Å². The van der Waals surface area contributed by atoms with Gasteiger partial charge in [-0.3, -0.25) is 14.6 Å². The van der Waals surface area contributed by atoms with Crippen LogP contribution in [0.5, 0.6) is 0 Å². The van der Waals surface area contributed by atoms with Crippen molar-refractivity contribution in [3.8, 4) is 23.7 Å². The number of aryl methyl sites for hydroxylation is 1. The minimum Gasteiger partial charge on any atom is -0.391 e. The van der Waals surface area contributed by atoms with E-state index in [0.717, 1.165) is 43.6 Å². The Hall–Kier alpha value is -4.39. The van der Waals surface area contributed by atoms with Crippen LogP contribution in [0.15, 0.2) is 28.4 Å². The fourth-order valence-corrected chi connectivity index (χ4v) is 4.58. The molecule has 1 saturated heterocycles. The largest absolute Gasteiger partial charge is 0.391 e. The third kappa shape index (κ3) is 8.09. The van der Waals surface area contributed by atoms with Gasteiger partial charge in [0.05, 0.1) is 34.9 Å². The number of primary amides is 1. The van der Waals surface area contributed by atoms with E-state index in [2.05, 4.69) is 33.7 Å². The molecule has 1 saturated carbocycles. The van der Waals surface area contributed by atoms with Crippen molar-refractivity contribution in [1.29, 1.82) is 0 Å². The number of fused-ring (bicyclic) bond motifs is 1. The van der Waals surface area contributed by atoms with Gasteiger partial charge < -0.3 is 36.5 Å². The summed E-state index contributed by atoms with van der Waals surface area (Å²) in [5, 5.41) is 9.41. The minimum absolute atomic E-state index is 0.122. The molecule has 2 aromatic rings. The van der Waals surface area contributed by atoms with E-state index in [-0.39, 0.29) is 34.6 Å².